The number of anilines is 2. The maximum absolute atomic E-state index is 12.3. The van der Waals surface area contributed by atoms with Crippen LogP contribution in [0, 0.1) is 13.8 Å². The average molecular weight is 269 g/mol. The van der Waals surface area contributed by atoms with Crippen LogP contribution in [0.2, 0.25) is 0 Å². The van der Waals surface area contributed by atoms with Crippen molar-refractivity contribution in [1.82, 2.24) is 15.2 Å². The van der Waals surface area contributed by atoms with Crippen molar-refractivity contribution in [3.8, 4) is 0 Å². The minimum atomic E-state index is -0.198. The second-order valence-corrected chi connectivity index (χ2v) is 4.78. The number of nitrogens with one attached hydrogen (secondary N) is 3. The summed E-state index contributed by atoms with van der Waals surface area (Å²) in [5.74, 6) is 0.355. The highest BCUT2D eigenvalue weighted by molar-refractivity contribution is 6.13. The third kappa shape index (κ3) is 1.91. The lowest BCUT2D eigenvalue weighted by molar-refractivity contribution is 0.102. The van der Waals surface area contributed by atoms with E-state index >= 15 is 0 Å². The summed E-state index contributed by atoms with van der Waals surface area (Å²) < 4.78 is 0. The van der Waals surface area contributed by atoms with E-state index in [-0.39, 0.29) is 5.91 Å². The number of amides is 1. The van der Waals surface area contributed by atoms with E-state index in [9.17, 15) is 4.79 Å². The zero-order valence-corrected chi connectivity index (χ0v) is 11.2. The van der Waals surface area contributed by atoms with Crippen LogP contribution in [0.3, 0.4) is 0 Å². The Morgan fingerprint density at radius 1 is 1.35 bits per heavy atom. The highest BCUT2D eigenvalue weighted by Gasteiger charge is 2.15. The number of hydrogen-bond donors (Lipinski definition) is 4. The summed E-state index contributed by atoms with van der Waals surface area (Å²) in [7, 11) is 0. The molecular weight excluding hydrogens is 254 g/mol. The van der Waals surface area contributed by atoms with E-state index < -0.39 is 0 Å². The molecule has 1 amide bonds. The van der Waals surface area contributed by atoms with Crippen LogP contribution in [0.25, 0.3) is 10.9 Å². The van der Waals surface area contributed by atoms with Crippen LogP contribution in [0.5, 0.6) is 0 Å². The van der Waals surface area contributed by atoms with Gasteiger partial charge in [-0.15, -0.1) is 0 Å². The van der Waals surface area contributed by atoms with Crippen LogP contribution in [-0.4, -0.2) is 21.1 Å². The molecule has 0 radical (unpaired) electrons. The van der Waals surface area contributed by atoms with Gasteiger partial charge < -0.3 is 16.0 Å². The monoisotopic (exact) mass is 269 g/mol. The molecule has 3 aromatic rings. The number of H-pyrrole nitrogens is 2. The molecule has 2 heterocycles. The fraction of sp³-hybridized carbons (Fsp3) is 0.143. The first-order valence-electron chi connectivity index (χ1n) is 6.26. The molecule has 6 heteroatoms. The van der Waals surface area contributed by atoms with E-state index in [0.717, 1.165) is 22.2 Å². The van der Waals surface area contributed by atoms with Crippen LogP contribution < -0.4 is 11.1 Å². The smallest absolute Gasteiger partial charge is 0.259 e. The molecule has 0 bridgehead atoms. The number of nitrogens with two attached hydrogens (primary N) is 1. The Morgan fingerprint density at radius 3 is 2.85 bits per heavy atom. The summed E-state index contributed by atoms with van der Waals surface area (Å²) in [5, 5.41) is 10.6. The molecule has 0 fully saturated rings. The summed E-state index contributed by atoms with van der Waals surface area (Å²) in [6.07, 6.45) is 1.67. The highest BCUT2D eigenvalue weighted by Crippen LogP contribution is 2.22. The number of hydrogen-bond acceptors (Lipinski definition) is 3. The van der Waals surface area contributed by atoms with Crippen molar-refractivity contribution in [2.45, 2.75) is 13.8 Å². The molecule has 20 heavy (non-hydrogen) atoms. The van der Waals surface area contributed by atoms with Crippen molar-refractivity contribution in [2.24, 2.45) is 0 Å². The Bertz CT molecular complexity index is 799. The first-order chi connectivity index (χ1) is 9.56. The number of rotatable bonds is 2. The van der Waals surface area contributed by atoms with Crippen molar-refractivity contribution in [1.29, 1.82) is 0 Å². The van der Waals surface area contributed by atoms with Crippen molar-refractivity contribution in [2.75, 3.05) is 11.1 Å². The molecule has 0 saturated heterocycles. The molecule has 0 unspecified atom stereocenters. The van der Waals surface area contributed by atoms with Crippen molar-refractivity contribution >= 4 is 28.3 Å². The van der Waals surface area contributed by atoms with Gasteiger partial charge in [0.2, 0.25) is 0 Å². The van der Waals surface area contributed by atoms with Gasteiger partial charge in [0.15, 0.2) is 5.82 Å². The Morgan fingerprint density at radius 2 is 2.15 bits per heavy atom. The van der Waals surface area contributed by atoms with Gasteiger partial charge in [0.25, 0.3) is 5.91 Å². The Hall–Kier alpha value is -2.76. The topological polar surface area (TPSA) is 99.6 Å². The first-order valence-corrected chi connectivity index (χ1v) is 6.26. The number of nitrogens with zero attached hydrogens (tertiary/aromatic N) is 1. The number of fused-ring (bicyclic) bond motifs is 1. The number of carbonyl (C=O) groups excluding carboxylic acids is 1. The van der Waals surface area contributed by atoms with Gasteiger partial charge in [-0.1, -0.05) is 0 Å². The van der Waals surface area contributed by atoms with Gasteiger partial charge in [0, 0.05) is 34.0 Å². The molecule has 102 valence electrons. The lowest BCUT2D eigenvalue weighted by Crippen LogP contribution is -2.12. The summed E-state index contributed by atoms with van der Waals surface area (Å²) >= 11 is 0. The molecule has 0 spiro atoms. The fourth-order valence-electron chi connectivity index (χ4n) is 2.11. The third-order valence-corrected chi connectivity index (χ3v) is 3.44. The standard InChI is InChI=1S/C14H15N5O/c1-7-8(2)18-19-13(7)17-14(20)11-6-16-12-5-9(15)3-4-10(11)12/h3-6,16H,15H2,1-2H3,(H2,17,18,19,20). The molecule has 6 nitrogen and oxygen atoms in total. The fourth-order valence-corrected chi connectivity index (χ4v) is 2.11. The van der Waals surface area contributed by atoms with Crippen LogP contribution in [0.4, 0.5) is 11.5 Å². The van der Waals surface area contributed by atoms with E-state index in [0.29, 0.717) is 17.1 Å². The second kappa shape index (κ2) is 4.41. The van der Waals surface area contributed by atoms with Crippen molar-refractivity contribution in [3.63, 3.8) is 0 Å². The molecule has 0 atom stereocenters. The molecule has 2 aromatic heterocycles. The van der Waals surface area contributed by atoms with E-state index in [2.05, 4.69) is 20.5 Å². The zero-order valence-electron chi connectivity index (χ0n) is 11.2. The van der Waals surface area contributed by atoms with E-state index in [4.69, 9.17) is 5.73 Å². The number of benzene rings is 1. The SMILES string of the molecule is Cc1[nH]nc(NC(=O)c2c[nH]c3cc(N)ccc23)c1C. The molecule has 1 aromatic carbocycles. The largest absolute Gasteiger partial charge is 0.399 e. The molecule has 5 N–H and O–H groups in total. The molecule has 0 aliphatic carbocycles. The first kappa shape index (κ1) is 12.3. The highest BCUT2D eigenvalue weighted by atomic mass is 16.1. The summed E-state index contributed by atoms with van der Waals surface area (Å²) in [4.78, 5) is 15.4. The average Bonchev–Trinajstić information content (AvgIpc) is 2.96. The lowest BCUT2D eigenvalue weighted by Gasteiger charge is -2.02. The number of aryl methyl sites for hydroxylation is 1. The van der Waals surface area contributed by atoms with Gasteiger partial charge in [-0.05, 0) is 32.0 Å². The van der Waals surface area contributed by atoms with Gasteiger partial charge in [0.05, 0.1) is 5.56 Å². The molecule has 3 rings (SSSR count). The van der Waals surface area contributed by atoms with Crippen molar-refractivity contribution < 1.29 is 4.79 Å². The minimum absolute atomic E-state index is 0.198. The summed E-state index contributed by atoms with van der Waals surface area (Å²) in [6, 6.07) is 5.41. The summed E-state index contributed by atoms with van der Waals surface area (Å²) in [5.41, 5.74) is 9.66. The number of nitrogen functional groups attached to an aromatic ring is 1. The minimum Gasteiger partial charge on any atom is -0.399 e. The number of carbonyl (C=O) groups is 1. The Balaban J connectivity index is 1.95. The van der Waals surface area contributed by atoms with Crippen LogP contribution >= 0.6 is 0 Å². The zero-order chi connectivity index (χ0) is 14.3. The summed E-state index contributed by atoms with van der Waals surface area (Å²) in [6.45, 7) is 3.82. The van der Waals surface area contributed by atoms with Gasteiger partial charge in [-0.2, -0.15) is 5.10 Å². The molecule has 0 saturated carbocycles. The Kier molecular flexibility index (Phi) is 2.71. The van der Waals surface area contributed by atoms with Gasteiger partial charge in [-0.3, -0.25) is 9.89 Å². The predicted octanol–water partition coefficient (Wildman–Crippen LogP) is 2.34. The van der Waals surface area contributed by atoms with Crippen molar-refractivity contribution in [3.05, 3.63) is 41.2 Å². The number of aromatic nitrogens is 3. The van der Waals surface area contributed by atoms with Crippen LogP contribution in [0.1, 0.15) is 21.6 Å². The normalized spacial score (nSPS) is 10.9. The molecule has 0 aliphatic rings. The van der Waals surface area contributed by atoms with Gasteiger partial charge in [-0.25, -0.2) is 0 Å². The molecular formula is C14H15N5O. The number of aromatic amines is 2. The van der Waals surface area contributed by atoms with Crippen LogP contribution in [-0.2, 0) is 0 Å². The molecule has 0 aliphatic heterocycles. The maximum Gasteiger partial charge on any atom is 0.259 e. The van der Waals surface area contributed by atoms with E-state index in [1.807, 2.05) is 19.9 Å². The third-order valence-electron chi connectivity index (χ3n) is 3.44. The maximum atomic E-state index is 12.3. The van der Waals surface area contributed by atoms with E-state index in [1.165, 1.54) is 0 Å². The van der Waals surface area contributed by atoms with E-state index in [1.54, 1.807) is 18.3 Å². The lowest BCUT2D eigenvalue weighted by atomic mass is 10.1. The predicted molar refractivity (Wildman–Crippen MR) is 78.7 cm³/mol. The van der Waals surface area contributed by atoms with Crippen LogP contribution in [0.15, 0.2) is 24.4 Å². The second-order valence-electron chi connectivity index (χ2n) is 4.78. The Labute approximate surface area is 115 Å². The quantitative estimate of drug-likeness (QED) is 0.537. The van der Waals surface area contributed by atoms with Gasteiger partial charge in [0.1, 0.15) is 0 Å². The van der Waals surface area contributed by atoms with Gasteiger partial charge >= 0.3 is 0 Å².